The molecule has 86 valence electrons. The number of hydrogen-bond donors (Lipinski definition) is 0. The van der Waals surface area contributed by atoms with Crippen molar-refractivity contribution < 1.29 is 9.53 Å². The molecule has 1 amide bonds. The normalized spacial score (nSPS) is 14.5. The van der Waals surface area contributed by atoms with Gasteiger partial charge in [0.15, 0.2) is 0 Å². The molecule has 0 unspecified atom stereocenters. The summed E-state index contributed by atoms with van der Waals surface area (Å²) < 4.78 is 5.17. The van der Waals surface area contributed by atoms with Crippen molar-refractivity contribution in [1.29, 1.82) is 0 Å². The third-order valence-electron chi connectivity index (χ3n) is 2.83. The van der Waals surface area contributed by atoms with Gasteiger partial charge in [0.25, 0.3) is 0 Å². The number of rotatable bonds is 2. The van der Waals surface area contributed by atoms with Crippen LogP contribution in [0, 0.1) is 0 Å². The second-order valence-corrected chi connectivity index (χ2v) is 4.04. The minimum Gasteiger partial charge on any atom is -0.497 e. The van der Waals surface area contributed by atoms with Crippen LogP contribution in [0.2, 0.25) is 0 Å². The van der Waals surface area contributed by atoms with Gasteiger partial charge in [0.1, 0.15) is 11.6 Å². The average Bonchev–Trinajstić information content (AvgIpc) is 2.36. The molecule has 0 aromatic heterocycles. The standard InChI is InChI=1S/C12H14ClNO2/c1-16-10-5-4-9-3-2-6-14(11(9)7-10)12(15)8-13/h4-5,7H,2-3,6,8H2,1H3. The summed E-state index contributed by atoms with van der Waals surface area (Å²) in [7, 11) is 1.62. The Bertz CT molecular complexity index is 406. The van der Waals surface area contributed by atoms with Gasteiger partial charge in [-0.3, -0.25) is 4.79 Å². The van der Waals surface area contributed by atoms with Crippen LogP contribution in [-0.2, 0) is 11.2 Å². The maximum Gasteiger partial charge on any atom is 0.241 e. The molecule has 3 nitrogen and oxygen atoms in total. The highest BCUT2D eigenvalue weighted by atomic mass is 35.5. The molecule has 0 N–H and O–H groups in total. The molecule has 0 aliphatic carbocycles. The molecule has 0 radical (unpaired) electrons. The minimum absolute atomic E-state index is 0.0245. The minimum atomic E-state index is -0.0455. The lowest BCUT2D eigenvalue weighted by molar-refractivity contribution is -0.116. The zero-order valence-corrected chi connectivity index (χ0v) is 9.96. The third-order valence-corrected chi connectivity index (χ3v) is 3.06. The molecule has 2 rings (SSSR count). The Morgan fingerprint density at radius 1 is 1.56 bits per heavy atom. The fourth-order valence-electron chi connectivity index (χ4n) is 2.01. The molecule has 0 spiro atoms. The Labute approximate surface area is 100.0 Å². The number of anilines is 1. The van der Waals surface area contributed by atoms with Crippen molar-refractivity contribution in [3.63, 3.8) is 0 Å². The number of carbonyl (C=O) groups is 1. The molecule has 0 saturated carbocycles. The van der Waals surface area contributed by atoms with E-state index in [4.69, 9.17) is 16.3 Å². The molecule has 0 fully saturated rings. The number of halogens is 1. The molecule has 0 bridgehead atoms. The molecule has 1 heterocycles. The summed E-state index contributed by atoms with van der Waals surface area (Å²) in [5.74, 6) is 0.750. The topological polar surface area (TPSA) is 29.5 Å². The summed E-state index contributed by atoms with van der Waals surface area (Å²) in [6.07, 6.45) is 1.99. The van der Waals surface area contributed by atoms with Crippen LogP contribution in [-0.4, -0.2) is 25.4 Å². The van der Waals surface area contributed by atoms with Crippen LogP contribution in [0.15, 0.2) is 18.2 Å². The highest BCUT2D eigenvalue weighted by molar-refractivity contribution is 6.29. The van der Waals surface area contributed by atoms with E-state index in [1.54, 1.807) is 12.0 Å². The Morgan fingerprint density at radius 2 is 2.38 bits per heavy atom. The van der Waals surface area contributed by atoms with Gasteiger partial charge in [0, 0.05) is 12.6 Å². The molecule has 0 saturated heterocycles. The van der Waals surface area contributed by atoms with Gasteiger partial charge in [0.05, 0.1) is 12.8 Å². The molecule has 4 heteroatoms. The van der Waals surface area contributed by atoms with E-state index >= 15 is 0 Å². The average molecular weight is 240 g/mol. The van der Waals surface area contributed by atoms with E-state index in [9.17, 15) is 4.79 Å². The van der Waals surface area contributed by atoms with Crippen molar-refractivity contribution in [2.24, 2.45) is 0 Å². The maximum atomic E-state index is 11.7. The van der Waals surface area contributed by atoms with Gasteiger partial charge < -0.3 is 9.64 Å². The fraction of sp³-hybridized carbons (Fsp3) is 0.417. The molecule has 1 aromatic carbocycles. The fourth-order valence-corrected chi connectivity index (χ4v) is 2.16. The number of alkyl halides is 1. The first-order valence-electron chi connectivity index (χ1n) is 5.29. The Kier molecular flexibility index (Phi) is 3.34. The molecule has 1 aliphatic rings. The summed E-state index contributed by atoms with van der Waals surface area (Å²) in [5.41, 5.74) is 2.13. The molecule has 1 aromatic rings. The first kappa shape index (κ1) is 11.3. The summed E-state index contributed by atoms with van der Waals surface area (Å²) >= 11 is 5.60. The number of ether oxygens (including phenoxy) is 1. The van der Waals surface area contributed by atoms with Crippen LogP contribution in [0.4, 0.5) is 5.69 Å². The highest BCUT2D eigenvalue weighted by Crippen LogP contribution is 2.30. The summed E-state index contributed by atoms with van der Waals surface area (Å²) in [4.78, 5) is 13.4. The SMILES string of the molecule is COc1ccc2c(c1)N(C(=O)CCl)CCC2. The lowest BCUT2D eigenvalue weighted by Crippen LogP contribution is -2.36. The van der Waals surface area contributed by atoms with Crippen LogP contribution >= 0.6 is 11.6 Å². The molecular formula is C12H14ClNO2. The zero-order valence-electron chi connectivity index (χ0n) is 9.20. The summed E-state index contributed by atoms with van der Waals surface area (Å²) in [6, 6.07) is 5.84. The number of amides is 1. The predicted molar refractivity (Wildman–Crippen MR) is 64.4 cm³/mol. The lowest BCUT2D eigenvalue weighted by Gasteiger charge is -2.29. The Hall–Kier alpha value is -1.22. The van der Waals surface area contributed by atoms with Gasteiger partial charge >= 0.3 is 0 Å². The summed E-state index contributed by atoms with van der Waals surface area (Å²) in [6.45, 7) is 0.742. The van der Waals surface area contributed by atoms with Crippen molar-refractivity contribution >= 4 is 23.2 Å². The molecule has 0 atom stereocenters. The van der Waals surface area contributed by atoms with E-state index < -0.39 is 0 Å². The Balaban J connectivity index is 2.39. The van der Waals surface area contributed by atoms with Gasteiger partial charge in [0.2, 0.25) is 5.91 Å². The van der Waals surface area contributed by atoms with Crippen molar-refractivity contribution in [2.45, 2.75) is 12.8 Å². The Morgan fingerprint density at radius 3 is 3.06 bits per heavy atom. The highest BCUT2D eigenvalue weighted by Gasteiger charge is 2.22. The van der Waals surface area contributed by atoms with Crippen LogP contribution in [0.25, 0.3) is 0 Å². The smallest absolute Gasteiger partial charge is 0.241 e. The van der Waals surface area contributed by atoms with Gasteiger partial charge in [-0.1, -0.05) is 6.07 Å². The number of carbonyl (C=O) groups excluding carboxylic acids is 1. The van der Waals surface area contributed by atoms with Crippen LogP contribution in [0.3, 0.4) is 0 Å². The van der Waals surface area contributed by atoms with E-state index in [1.807, 2.05) is 18.2 Å². The van der Waals surface area contributed by atoms with Gasteiger partial charge in [-0.05, 0) is 24.5 Å². The first-order chi connectivity index (χ1) is 7.76. The largest absolute Gasteiger partial charge is 0.497 e. The molecule has 16 heavy (non-hydrogen) atoms. The van der Waals surface area contributed by atoms with E-state index in [0.717, 1.165) is 30.8 Å². The van der Waals surface area contributed by atoms with Gasteiger partial charge in [-0.25, -0.2) is 0 Å². The van der Waals surface area contributed by atoms with Crippen molar-refractivity contribution in [1.82, 2.24) is 0 Å². The monoisotopic (exact) mass is 239 g/mol. The number of methoxy groups -OCH3 is 1. The van der Waals surface area contributed by atoms with E-state index in [-0.39, 0.29) is 11.8 Å². The zero-order chi connectivity index (χ0) is 11.5. The lowest BCUT2D eigenvalue weighted by atomic mass is 10.0. The molecule has 1 aliphatic heterocycles. The number of fused-ring (bicyclic) bond motifs is 1. The second-order valence-electron chi connectivity index (χ2n) is 3.78. The number of hydrogen-bond acceptors (Lipinski definition) is 2. The number of nitrogens with zero attached hydrogens (tertiary/aromatic N) is 1. The van der Waals surface area contributed by atoms with Crippen molar-refractivity contribution in [3.05, 3.63) is 23.8 Å². The number of aryl methyl sites for hydroxylation is 1. The van der Waals surface area contributed by atoms with Crippen molar-refractivity contribution in [3.8, 4) is 5.75 Å². The van der Waals surface area contributed by atoms with E-state index in [2.05, 4.69) is 0 Å². The van der Waals surface area contributed by atoms with Crippen LogP contribution < -0.4 is 9.64 Å². The van der Waals surface area contributed by atoms with E-state index in [0.29, 0.717) is 0 Å². The van der Waals surface area contributed by atoms with Crippen LogP contribution in [0.1, 0.15) is 12.0 Å². The van der Waals surface area contributed by atoms with E-state index in [1.165, 1.54) is 5.56 Å². The molecular weight excluding hydrogens is 226 g/mol. The first-order valence-corrected chi connectivity index (χ1v) is 5.83. The quantitative estimate of drug-likeness (QED) is 0.741. The van der Waals surface area contributed by atoms with Crippen LogP contribution in [0.5, 0.6) is 5.75 Å². The summed E-state index contributed by atoms with van der Waals surface area (Å²) in [5, 5.41) is 0. The third kappa shape index (κ3) is 2.00. The number of benzene rings is 1. The maximum absolute atomic E-state index is 11.7. The van der Waals surface area contributed by atoms with Gasteiger partial charge in [-0.15, -0.1) is 11.6 Å². The predicted octanol–water partition coefficient (Wildman–Crippen LogP) is 2.21. The van der Waals surface area contributed by atoms with Gasteiger partial charge in [-0.2, -0.15) is 0 Å². The van der Waals surface area contributed by atoms with Crippen molar-refractivity contribution in [2.75, 3.05) is 24.4 Å². The second kappa shape index (κ2) is 4.74.